The van der Waals surface area contributed by atoms with Gasteiger partial charge in [0.15, 0.2) is 0 Å². The second-order valence-corrected chi connectivity index (χ2v) is 7.00. The van der Waals surface area contributed by atoms with E-state index in [1.54, 1.807) is 13.1 Å². The Morgan fingerprint density at radius 1 is 1.46 bits per heavy atom. The summed E-state index contributed by atoms with van der Waals surface area (Å²) in [5.74, 6) is -1.03. The van der Waals surface area contributed by atoms with E-state index in [1.165, 1.54) is 4.90 Å². The number of esters is 1. The van der Waals surface area contributed by atoms with E-state index in [2.05, 4.69) is 10.3 Å². The molecule has 8 heteroatoms. The number of hydrogen-bond donors (Lipinski definition) is 2. The number of carbonyl (C=O) groups is 3. The third-order valence-corrected chi connectivity index (χ3v) is 5.10. The van der Waals surface area contributed by atoms with E-state index in [4.69, 9.17) is 4.74 Å². The van der Waals surface area contributed by atoms with Crippen molar-refractivity contribution in [3.63, 3.8) is 0 Å². The van der Waals surface area contributed by atoms with Crippen LogP contribution < -0.4 is 5.32 Å². The van der Waals surface area contributed by atoms with Crippen molar-refractivity contribution in [1.29, 1.82) is 0 Å². The van der Waals surface area contributed by atoms with Crippen LogP contribution >= 0.6 is 0 Å². The van der Waals surface area contributed by atoms with Gasteiger partial charge in [0, 0.05) is 25.1 Å². The van der Waals surface area contributed by atoms with Crippen molar-refractivity contribution in [2.75, 3.05) is 13.2 Å². The first-order valence-electron chi connectivity index (χ1n) is 9.15. The number of rotatable bonds is 2. The lowest BCUT2D eigenvalue weighted by Crippen LogP contribution is -2.53. The normalized spacial score (nSPS) is 37.0. The van der Waals surface area contributed by atoms with Crippen molar-refractivity contribution in [3.05, 3.63) is 12.2 Å². The Balaban J connectivity index is 1.85. The summed E-state index contributed by atoms with van der Waals surface area (Å²) in [6, 6.07) is -1.35. The van der Waals surface area contributed by atoms with E-state index in [9.17, 15) is 19.5 Å². The van der Waals surface area contributed by atoms with E-state index in [-0.39, 0.29) is 25.5 Å². The molecule has 0 spiro atoms. The number of urea groups is 1. The summed E-state index contributed by atoms with van der Waals surface area (Å²) in [5.41, 5.74) is -1.09. The summed E-state index contributed by atoms with van der Waals surface area (Å²) >= 11 is 0. The zero-order valence-corrected chi connectivity index (χ0v) is 14.9. The van der Waals surface area contributed by atoms with Gasteiger partial charge in [0.1, 0.15) is 11.6 Å². The van der Waals surface area contributed by atoms with Gasteiger partial charge in [-0.25, -0.2) is 14.6 Å². The van der Waals surface area contributed by atoms with E-state index in [0.717, 1.165) is 12.8 Å². The Morgan fingerprint density at radius 2 is 2.27 bits per heavy atom. The largest absolute Gasteiger partial charge is 0.464 e. The fourth-order valence-electron chi connectivity index (χ4n) is 3.57. The molecule has 3 aliphatic rings. The number of nitrogens with one attached hydrogen (secondary N) is 1. The number of nitrogens with zero attached hydrogens (tertiary/aromatic N) is 2. The fraction of sp³-hybridized carbons (Fsp3) is 0.667. The SMILES string of the molecule is CCOC(=O)[C@@]12C[C@H]1/C=C\CCC/C=N/C(=O)[C@@H]1C[C@H](O)CN1C(=O)N2. The molecule has 1 aliphatic carbocycles. The van der Waals surface area contributed by atoms with Crippen LogP contribution in [0.5, 0.6) is 0 Å². The van der Waals surface area contributed by atoms with Gasteiger partial charge in [0.25, 0.3) is 5.91 Å². The summed E-state index contributed by atoms with van der Waals surface area (Å²) in [4.78, 5) is 42.7. The molecule has 0 radical (unpaired) electrons. The topological polar surface area (TPSA) is 108 Å². The summed E-state index contributed by atoms with van der Waals surface area (Å²) in [7, 11) is 0. The van der Waals surface area contributed by atoms with Crippen molar-refractivity contribution >= 4 is 24.1 Å². The van der Waals surface area contributed by atoms with Gasteiger partial charge in [-0.05, 0) is 32.6 Å². The Kier molecular flexibility index (Phi) is 5.41. The maximum absolute atomic E-state index is 12.8. The van der Waals surface area contributed by atoms with Crippen LogP contribution in [0.15, 0.2) is 17.1 Å². The molecule has 4 atom stereocenters. The standard InChI is InChI=1S/C18H25N3O5/c1-2-26-16(24)18-10-12(18)7-5-3-4-6-8-19-15(23)14-9-13(22)11-21(14)17(25)20-18/h5,7-8,12-14,22H,2-4,6,9-11H2,1H3,(H,20,25)/b7-5-,19-8+/t12-,13+,14+,18-/m1/s1. The average molecular weight is 363 g/mol. The second kappa shape index (κ2) is 7.57. The zero-order chi connectivity index (χ0) is 18.7. The number of allylic oxidation sites excluding steroid dienone is 1. The highest BCUT2D eigenvalue weighted by atomic mass is 16.5. The number of amides is 3. The quantitative estimate of drug-likeness (QED) is 0.557. The average Bonchev–Trinajstić information content (AvgIpc) is 3.15. The molecule has 1 saturated heterocycles. The first-order valence-corrected chi connectivity index (χ1v) is 9.15. The molecular formula is C18H25N3O5. The highest BCUT2D eigenvalue weighted by Gasteiger charge is 2.62. The highest BCUT2D eigenvalue weighted by molar-refractivity contribution is 5.95. The first kappa shape index (κ1) is 18.6. The fourth-order valence-corrected chi connectivity index (χ4v) is 3.57. The van der Waals surface area contributed by atoms with Crippen LogP contribution in [-0.2, 0) is 14.3 Å². The predicted molar refractivity (Wildman–Crippen MR) is 93.6 cm³/mol. The predicted octanol–water partition coefficient (Wildman–Crippen LogP) is 0.790. The third kappa shape index (κ3) is 3.65. The number of aliphatic imine (C=N–C) groups is 1. The molecule has 0 unspecified atom stereocenters. The molecule has 0 aromatic rings. The van der Waals surface area contributed by atoms with Crippen LogP contribution in [0.3, 0.4) is 0 Å². The van der Waals surface area contributed by atoms with E-state index >= 15 is 0 Å². The van der Waals surface area contributed by atoms with E-state index < -0.39 is 35.6 Å². The molecule has 2 aliphatic heterocycles. The van der Waals surface area contributed by atoms with Gasteiger partial charge in [-0.1, -0.05) is 12.2 Å². The number of ether oxygens (including phenoxy) is 1. The number of carbonyl (C=O) groups excluding carboxylic acids is 3. The van der Waals surface area contributed by atoms with Crippen LogP contribution in [0.4, 0.5) is 4.79 Å². The van der Waals surface area contributed by atoms with Gasteiger partial charge >= 0.3 is 12.0 Å². The number of aliphatic hydroxyl groups is 1. The van der Waals surface area contributed by atoms with E-state index in [1.807, 2.05) is 12.2 Å². The Bertz CT molecular complexity index is 647. The third-order valence-electron chi connectivity index (χ3n) is 5.10. The molecule has 142 valence electrons. The summed E-state index contributed by atoms with van der Waals surface area (Å²) in [5, 5.41) is 12.7. The number of fused-ring (bicyclic) bond motifs is 2. The van der Waals surface area contributed by atoms with Crippen LogP contribution in [0.2, 0.25) is 0 Å². The smallest absolute Gasteiger partial charge is 0.332 e. The minimum absolute atomic E-state index is 0.0389. The van der Waals surface area contributed by atoms with Crippen molar-refractivity contribution in [2.45, 2.75) is 56.7 Å². The molecule has 3 rings (SSSR count). The Labute approximate surface area is 152 Å². The first-order chi connectivity index (χ1) is 12.5. The zero-order valence-electron chi connectivity index (χ0n) is 14.9. The summed E-state index contributed by atoms with van der Waals surface area (Å²) < 4.78 is 5.15. The van der Waals surface area contributed by atoms with E-state index in [0.29, 0.717) is 12.8 Å². The minimum Gasteiger partial charge on any atom is -0.464 e. The molecule has 1 saturated carbocycles. The lowest BCUT2D eigenvalue weighted by Gasteiger charge is -2.26. The van der Waals surface area contributed by atoms with Gasteiger partial charge in [-0.2, -0.15) is 0 Å². The molecule has 2 N–H and O–H groups in total. The molecule has 8 nitrogen and oxygen atoms in total. The van der Waals surface area contributed by atoms with Gasteiger partial charge in [0.05, 0.1) is 12.7 Å². The van der Waals surface area contributed by atoms with Crippen LogP contribution in [0.1, 0.15) is 39.0 Å². The summed E-state index contributed by atoms with van der Waals surface area (Å²) in [6.45, 7) is 1.98. The highest BCUT2D eigenvalue weighted by Crippen LogP contribution is 2.46. The molecule has 2 heterocycles. The molecule has 2 fully saturated rings. The van der Waals surface area contributed by atoms with Crippen LogP contribution in [-0.4, -0.2) is 65.0 Å². The van der Waals surface area contributed by atoms with Crippen LogP contribution in [0, 0.1) is 5.92 Å². The number of aliphatic hydroxyl groups excluding tert-OH is 1. The lowest BCUT2D eigenvalue weighted by molar-refractivity contribution is -0.147. The molecule has 0 aromatic carbocycles. The van der Waals surface area contributed by atoms with Gasteiger partial charge < -0.3 is 20.1 Å². The summed E-state index contributed by atoms with van der Waals surface area (Å²) in [6.07, 6.45) is 7.65. The van der Waals surface area contributed by atoms with Gasteiger partial charge in [0.2, 0.25) is 0 Å². The van der Waals surface area contributed by atoms with Crippen molar-refractivity contribution in [3.8, 4) is 0 Å². The minimum atomic E-state index is -1.09. The lowest BCUT2D eigenvalue weighted by atomic mass is 10.1. The van der Waals surface area contributed by atoms with Gasteiger partial charge in [-0.3, -0.25) is 4.79 Å². The van der Waals surface area contributed by atoms with Crippen molar-refractivity contribution in [1.82, 2.24) is 10.2 Å². The van der Waals surface area contributed by atoms with Crippen LogP contribution in [0.25, 0.3) is 0 Å². The van der Waals surface area contributed by atoms with Crippen molar-refractivity contribution in [2.24, 2.45) is 10.9 Å². The molecule has 26 heavy (non-hydrogen) atoms. The maximum atomic E-state index is 12.8. The molecule has 3 amide bonds. The molecular weight excluding hydrogens is 338 g/mol. The Morgan fingerprint density at radius 3 is 3.04 bits per heavy atom. The Hall–Kier alpha value is -2.22. The second-order valence-electron chi connectivity index (χ2n) is 7.00. The molecule has 0 aromatic heterocycles. The monoisotopic (exact) mass is 363 g/mol. The molecule has 0 bridgehead atoms. The van der Waals surface area contributed by atoms with Crippen molar-refractivity contribution < 1.29 is 24.2 Å². The maximum Gasteiger partial charge on any atom is 0.332 e. The number of hydrogen-bond acceptors (Lipinski definition) is 5. The van der Waals surface area contributed by atoms with Gasteiger partial charge in [-0.15, -0.1) is 0 Å².